The summed E-state index contributed by atoms with van der Waals surface area (Å²) >= 11 is 0. The van der Waals surface area contributed by atoms with Gasteiger partial charge in [-0.3, -0.25) is 0 Å². The summed E-state index contributed by atoms with van der Waals surface area (Å²) in [6.45, 7) is 0.441. The topological polar surface area (TPSA) is 61.0 Å². The molecule has 0 unspecified atom stereocenters. The van der Waals surface area contributed by atoms with Crippen LogP contribution in [0, 0.1) is 0 Å². The van der Waals surface area contributed by atoms with Crippen LogP contribution in [0.1, 0.15) is 30.1 Å². The molecule has 1 saturated carbocycles. The van der Waals surface area contributed by atoms with Crippen LogP contribution in [0.3, 0.4) is 0 Å². The SMILES string of the molecule is COc1ncc(CN)nc1C1CC1. The van der Waals surface area contributed by atoms with Crippen molar-refractivity contribution >= 4 is 0 Å². The fraction of sp³-hybridized carbons (Fsp3) is 0.556. The lowest BCUT2D eigenvalue weighted by molar-refractivity contribution is 0.388. The van der Waals surface area contributed by atoms with Crippen LogP contribution >= 0.6 is 0 Å². The van der Waals surface area contributed by atoms with Gasteiger partial charge in [0.1, 0.15) is 5.69 Å². The Morgan fingerprint density at radius 3 is 2.92 bits per heavy atom. The summed E-state index contributed by atoms with van der Waals surface area (Å²) in [6, 6.07) is 0. The lowest BCUT2D eigenvalue weighted by Crippen LogP contribution is -2.05. The van der Waals surface area contributed by atoms with E-state index >= 15 is 0 Å². The third-order valence-corrected chi connectivity index (χ3v) is 2.18. The second-order valence-corrected chi connectivity index (χ2v) is 3.23. The molecular weight excluding hydrogens is 166 g/mol. The summed E-state index contributed by atoms with van der Waals surface area (Å²) in [5, 5.41) is 0. The number of nitrogens with two attached hydrogens (primary N) is 1. The molecule has 0 saturated heterocycles. The van der Waals surface area contributed by atoms with Crippen molar-refractivity contribution in [3.63, 3.8) is 0 Å². The first kappa shape index (κ1) is 8.44. The highest BCUT2D eigenvalue weighted by Gasteiger charge is 2.29. The molecule has 0 aromatic carbocycles. The van der Waals surface area contributed by atoms with Gasteiger partial charge in [0.2, 0.25) is 5.88 Å². The second kappa shape index (κ2) is 3.30. The molecule has 1 aliphatic rings. The first-order chi connectivity index (χ1) is 6.35. The maximum absolute atomic E-state index is 5.49. The van der Waals surface area contributed by atoms with Crippen molar-refractivity contribution in [1.82, 2.24) is 9.97 Å². The van der Waals surface area contributed by atoms with Crippen LogP contribution in [0.5, 0.6) is 5.88 Å². The van der Waals surface area contributed by atoms with Crippen molar-refractivity contribution in [1.29, 1.82) is 0 Å². The summed E-state index contributed by atoms with van der Waals surface area (Å²) in [5.74, 6) is 1.20. The normalized spacial score (nSPS) is 15.8. The van der Waals surface area contributed by atoms with Gasteiger partial charge in [0, 0.05) is 12.5 Å². The molecule has 0 amide bonds. The van der Waals surface area contributed by atoms with E-state index in [1.807, 2.05) is 0 Å². The largest absolute Gasteiger partial charge is 0.480 e. The molecule has 1 heterocycles. The Morgan fingerprint density at radius 2 is 2.38 bits per heavy atom. The van der Waals surface area contributed by atoms with Gasteiger partial charge in [0.05, 0.1) is 19.0 Å². The predicted octanol–water partition coefficient (Wildman–Crippen LogP) is 0.821. The molecule has 2 N–H and O–H groups in total. The van der Waals surface area contributed by atoms with E-state index in [0.29, 0.717) is 18.3 Å². The first-order valence-corrected chi connectivity index (χ1v) is 4.45. The van der Waals surface area contributed by atoms with Gasteiger partial charge in [-0.1, -0.05) is 0 Å². The van der Waals surface area contributed by atoms with E-state index in [-0.39, 0.29) is 0 Å². The highest BCUT2D eigenvalue weighted by Crippen LogP contribution is 2.42. The molecule has 0 radical (unpaired) electrons. The van der Waals surface area contributed by atoms with Crippen molar-refractivity contribution in [3.05, 3.63) is 17.6 Å². The number of rotatable bonds is 3. The van der Waals surface area contributed by atoms with Gasteiger partial charge in [-0.15, -0.1) is 0 Å². The summed E-state index contributed by atoms with van der Waals surface area (Å²) in [4.78, 5) is 8.58. The Balaban J connectivity index is 2.35. The zero-order chi connectivity index (χ0) is 9.26. The number of nitrogens with zero attached hydrogens (tertiary/aromatic N) is 2. The predicted molar refractivity (Wildman–Crippen MR) is 48.5 cm³/mol. The van der Waals surface area contributed by atoms with E-state index in [0.717, 1.165) is 11.4 Å². The monoisotopic (exact) mass is 179 g/mol. The molecule has 4 nitrogen and oxygen atoms in total. The van der Waals surface area contributed by atoms with E-state index in [2.05, 4.69) is 9.97 Å². The van der Waals surface area contributed by atoms with E-state index in [9.17, 15) is 0 Å². The average molecular weight is 179 g/mol. The Labute approximate surface area is 77.1 Å². The molecule has 13 heavy (non-hydrogen) atoms. The standard InChI is InChI=1S/C9H13N3O/c1-13-9-8(6-2-3-6)12-7(4-10)5-11-9/h5-6H,2-4,10H2,1H3. The van der Waals surface area contributed by atoms with Crippen molar-refractivity contribution < 1.29 is 4.74 Å². The summed E-state index contributed by atoms with van der Waals surface area (Å²) in [5.41, 5.74) is 7.30. The fourth-order valence-electron chi connectivity index (χ4n) is 1.31. The molecule has 4 heteroatoms. The third-order valence-electron chi connectivity index (χ3n) is 2.18. The molecule has 1 fully saturated rings. The maximum Gasteiger partial charge on any atom is 0.235 e. The zero-order valence-electron chi connectivity index (χ0n) is 7.66. The molecule has 1 aromatic heterocycles. The second-order valence-electron chi connectivity index (χ2n) is 3.23. The lowest BCUT2D eigenvalue weighted by Gasteiger charge is -2.06. The minimum Gasteiger partial charge on any atom is -0.480 e. The smallest absolute Gasteiger partial charge is 0.235 e. The Morgan fingerprint density at radius 1 is 1.62 bits per heavy atom. The van der Waals surface area contributed by atoms with Crippen LogP contribution < -0.4 is 10.5 Å². The molecule has 0 aliphatic heterocycles. The number of ether oxygens (including phenoxy) is 1. The zero-order valence-corrected chi connectivity index (χ0v) is 7.66. The van der Waals surface area contributed by atoms with Crippen molar-refractivity contribution in [2.75, 3.05) is 7.11 Å². The van der Waals surface area contributed by atoms with Crippen LogP contribution in [0.2, 0.25) is 0 Å². The fourth-order valence-corrected chi connectivity index (χ4v) is 1.31. The van der Waals surface area contributed by atoms with Crippen molar-refractivity contribution in [2.24, 2.45) is 5.73 Å². The molecular formula is C9H13N3O. The van der Waals surface area contributed by atoms with Gasteiger partial charge in [0.15, 0.2) is 0 Å². The van der Waals surface area contributed by atoms with Crippen LogP contribution in [-0.4, -0.2) is 17.1 Å². The molecule has 1 aliphatic carbocycles. The molecule has 0 bridgehead atoms. The van der Waals surface area contributed by atoms with Gasteiger partial charge in [-0.05, 0) is 12.8 Å². The molecule has 0 spiro atoms. The number of hydrogen-bond donors (Lipinski definition) is 1. The van der Waals surface area contributed by atoms with Crippen LogP contribution in [-0.2, 0) is 6.54 Å². The first-order valence-electron chi connectivity index (χ1n) is 4.45. The summed E-state index contributed by atoms with van der Waals surface area (Å²) < 4.78 is 5.13. The Kier molecular flexibility index (Phi) is 2.14. The maximum atomic E-state index is 5.49. The van der Waals surface area contributed by atoms with Crippen LogP contribution in [0.4, 0.5) is 0 Å². The van der Waals surface area contributed by atoms with E-state index in [4.69, 9.17) is 10.5 Å². The average Bonchev–Trinajstić information content (AvgIpc) is 3.00. The van der Waals surface area contributed by atoms with Crippen LogP contribution in [0.15, 0.2) is 6.20 Å². The lowest BCUT2D eigenvalue weighted by atomic mass is 10.3. The van der Waals surface area contributed by atoms with Gasteiger partial charge in [-0.2, -0.15) is 0 Å². The number of aromatic nitrogens is 2. The Hall–Kier alpha value is -1.16. The summed E-state index contributed by atoms with van der Waals surface area (Å²) in [6.07, 6.45) is 4.06. The number of methoxy groups -OCH3 is 1. The van der Waals surface area contributed by atoms with Crippen molar-refractivity contribution in [3.8, 4) is 5.88 Å². The highest BCUT2D eigenvalue weighted by atomic mass is 16.5. The molecule has 1 aromatic rings. The van der Waals surface area contributed by atoms with Gasteiger partial charge >= 0.3 is 0 Å². The summed E-state index contributed by atoms with van der Waals surface area (Å²) in [7, 11) is 1.62. The van der Waals surface area contributed by atoms with E-state index < -0.39 is 0 Å². The minimum atomic E-state index is 0.441. The third kappa shape index (κ3) is 1.62. The molecule has 2 rings (SSSR count). The van der Waals surface area contributed by atoms with Crippen LogP contribution in [0.25, 0.3) is 0 Å². The van der Waals surface area contributed by atoms with Gasteiger partial charge < -0.3 is 10.5 Å². The van der Waals surface area contributed by atoms with E-state index in [1.165, 1.54) is 12.8 Å². The Bertz CT molecular complexity index is 310. The van der Waals surface area contributed by atoms with E-state index in [1.54, 1.807) is 13.3 Å². The highest BCUT2D eigenvalue weighted by molar-refractivity contribution is 5.27. The molecule has 0 atom stereocenters. The molecule has 70 valence electrons. The van der Waals surface area contributed by atoms with Gasteiger partial charge in [0.25, 0.3) is 0 Å². The van der Waals surface area contributed by atoms with Crippen molar-refractivity contribution in [2.45, 2.75) is 25.3 Å². The minimum absolute atomic E-state index is 0.441. The van der Waals surface area contributed by atoms with Gasteiger partial charge in [-0.25, -0.2) is 9.97 Å². The quantitative estimate of drug-likeness (QED) is 0.746. The number of hydrogen-bond acceptors (Lipinski definition) is 4.